The van der Waals surface area contributed by atoms with Crippen molar-refractivity contribution in [3.63, 3.8) is 0 Å². The highest BCUT2D eigenvalue weighted by atomic mass is 16.2. The molecule has 7 amide bonds. The molecule has 0 bridgehead atoms. The van der Waals surface area contributed by atoms with Crippen LogP contribution in [0, 0.1) is 0 Å². The number of amides is 7. The molecular formula is C35H52N8O4. The van der Waals surface area contributed by atoms with Gasteiger partial charge in [0.2, 0.25) is 5.91 Å². The maximum atomic E-state index is 14.0. The van der Waals surface area contributed by atoms with Gasteiger partial charge in [0.15, 0.2) is 0 Å². The van der Waals surface area contributed by atoms with E-state index >= 15 is 0 Å². The highest BCUT2D eigenvalue weighted by Crippen LogP contribution is 2.28. The number of para-hydroxylation sites is 1. The van der Waals surface area contributed by atoms with E-state index in [-0.39, 0.29) is 30.0 Å². The minimum Gasteiger partial charge on any atom is -0.341 e. The number of carbonyl (C=O) groups is 4. The normalized spacial score (nSPS) is 20.9. The predicted molar refractivity (Wildman–Crippen MR) is 183 cm³/mol. The van der Waals surface area contributed by atoms with Crippen molar-refractivity contribution >= 4 is 29.7 Å². The molecular weight excluding hydrogens is 596 g/mol. The van der Waals surface area contributed by atoms with E-state index in [4.69, 9.17) is 0 Å². The Labute approximate surface area is 279 Å². The summed E-state index contributed by atoms with van der Waals surface area (Å²) < 4.78 is 0. The van der Waals surface area contributed by atoms with Crippen molar-refractivity contribution in [2.45, 2.75) is 83.0 Å². The Morgan fingerprint density at radius 1 is 0.957 bits per heavy atom. The van der Waals surface area contributed by atoms with Gasteiger partial charge in [-0.1, -0.05) is 30.7 Å². The van der Waals surface area contributed by atoms with Crippen molar-refractivity contribution in [2.75, 3.05) is 58.7 Å². The standard InChI is InChI=1S/C35H52N8O4/c1-4-26(12-19-39(3)33(45)36-2)24-31(32(44)41-20-13-28(14-21-41)40-17-8-5-9-18-40)38-34(46)42-22-15-29(16-23-42)43-25-27-10-6-7-11-30(27)37-35(43)47/h4,6-7,10-12,19,28-29,31H,5,8-9,13-18,20-25H2,1-3H3,(H,36,45)(H,37,47)(H,38,46)/b19-12+,26-4+. The summed E-state index contributed by atoms with van der Waals surface area (Å²) in [7, 11) is 3.24. The van der Waals surface area contributed by atoms with Crippen LogP contribution in [-0.4, -0.2) is 120 Å². The quantitative estimate of drug-likeness (QED) is 0.366. The van der Waals surface area contributed by atoms with E-state index < -0.39 is 6.04 Å². The topological polar surface area (TPSA) is 121 Å². The lowest BCUT2D eigenvalue weighted by atomic mass is 9.98. The molecule has 1 aromatic carbocycles. The zero-order chi connectivity index (χ0) is 33.3. The van der Waals surface area contributed by atoms with E-state index in [9.17, 15) is 19.2 Å². The number of likely N-dealkylation sites (tertiary alicyclic amines) is 3. The summed E-state index contributed by atoms with van der Waals surface area (Å²) in [6, 6.07) is 7.04. The summed E-state index contributed by atoms with van der Waals surface area (Å²) in [4.78, 5) is 62.2. The Bertz CT molecular complexity index is 1330. The number of benzene rings is 1. The number of rotatable bonds is 8. The van der Waals surface area contributed by atoms with E-state index in [1.54, 1.807) is 25.2 Å². The summed E-state index contributed by atoms with van der Waals surface area (Å²) in [5.41, 5.74) is 2.79. The van der Waals surface area contributed by atoms with Gasteiger partial charge in [-0.15, -0.1) is 0 Å². The summed E-state index contributed by atoms with van der Waals surface area (Å²) in [5.74, 6) is -0.0682. The number of piperidine rings is 3. The molecule has 4 heterocycles. The van der Waals surface area contributed by atoms with Crippen molar-refractivity contribution in [3.8, 4) is 0 Å². The Morgan fingerprint density at radius 2 is 1.62 bits per heavy atom. The van der Waals surface area contributed by atoms with Gasteiger partial charge in [0.1, 0.15) is 6.04 Å². The third kappa shape index (κ3) is 8.65. The van der Waals surface area contributed by atoms with Gasteiger partial charge in [-0.05, 0) is 81.8 Å². The second kappa shape index (κ2) is 16.2. The zero-order valence-electron chi connectivity index (χ0n) is 28.2. The molecule has 0 aromatic heterocycles. The van der Waals surface area contributed by atoms with Gasteiger partial charge in [0, 0.05) is 77.2 Å². The first-order valence-electron chi connectivity index (χ1n) is 17.3. The Balaban J connectivity index is 1.21. The molecule has 5 rings (SSSR count). The highest BCUT2D eigenvalue weighted by Gasteiger charge is 2.35. The lowest BCUT2D eigenvalue weighted by molar-refractivity contribution is -0.134. The first-order valence-corrected chi connectivity index (χ1v) is 17.3. The van der Waals surface area contributed by atoms with Crippen LogP contribution in [0.2, 0.25) is 0 Å². The molecule has 0 spiro atoms. The van der Waals surface area contributed by atoms with Gasteiger partial charge in [0.25, 0.3) is 0 Å². The van der Waals surface area contributed by atoms with Crippen LogP contribution in [0.4, 0.5) is 20.1 Å². The molecule has 4 aliphatic heterocycles. The van der Waals surface area contributed by atoms with Gasteiger partial charge < -0.3 is 40.4 Å². The third-order valence-corrected chi connectivity index (χ3v) is 10.2. The summed E-state index contributed by atoms with van der Waals surface area (Å²) >= 11 is 0. The Morgan fingerprint density at radius 3 is 2.30 bits per heavy atom. The van der Waals surface area contributed by atoms with Crippen LogP contribution in [0.25, 0.3) is 0 Å². The number of anilines is 1. The van der Waals surface area contributed by atoms with Crippen LogP contribution >= 0.6 is 0 Å². The maximum absolute atomic E-state index is 14.0. The lowest BCUT2D eigenvalue weighted by Crippen LogP contribution is -2.57. The van der Waals surface area contributed by atoms with Crippen molar-refractivity contribution in [1.82, 2.24) is 35.1 Å². The number of hydrogen-bond acceptors (Lipinski definition) is 5. The van der Waals surface area contributed by atoms with Crippen LogP contribution in [0.15, 0.2) is 48.2 Å². The molecule has 3 saturated heterocycles. The second-order valence-corrected chi connectivity index (χ2v) is 13.1. The SMILES string of the molecule is C/C=C(\C=C\N(C)C(=O)NC)CC(NC(=O)N1CCC(N2Cc3ccccc3NC2=O)CC1)C(=O)N1CCC(N2CCCCC2)CC1. The molecule has 1 atom stereocenters. The number of nitrogens with zero attached hydrogens (tertiary/aromatic N) is 5. The molecule has 4 aliphatic rings. The van der Waals surface area contributed by atoms with Crippen LogP contribution < -0.4 is 16.0 Å². The number of urea groups is 3. The van der Waals surface area contributed by atoms with Crippen LogP contribution in [0.1, 0.15) is 63.9 Å². The van der Waals surface area contributed by atoms with Crippen molar-refractivity contribution in [2.24, 2.45) is 0 Å². The molecule has 12 heteroatoms. The molecule has 0 aliphatic carbocycles. The zero-order valence-corrected chi connectivity index (χ0v) is 28.2. The first kappa shape index (κ1) is 34.3. The monoisotopic (exact) mass is 648 g/mol. The fourth-order valence-electron chi connectivity index (χ4n) is 7.26. The summed E-state index contributed by atoms with van der Waals surface area (Å²) in [6.07, 6.45) is 12.7. The van der Waals surface area contributed by atoms with Crippen molar-refractivity contribution in [3.05, 3.63) is 53.8 Å². The van der Waals surface area contributed by atoms with E-state index in [0.717, 1.165) is 42.8 Å². The number of carbonyl (C=O) groups excluding carboxylic acids is 4. The average molecular weight is 649 g/mol. The molecule has 0 saturated carbocycles. The smallest absolute Gasteiger partial charge is 0.322 e. The molecule has 0 radical (unpaired) electrons. The molecule has 12 nitrogen and oxygen atoms in total. The number of hydrogen-bond donors (Lipinski definition) is 3. The minimum absolute atomic E-state index is 0.0307. The number of nitrogens with one attached hydrogen (secondary N) is 3. The molecule has 1 aromatic rings. The fraction of sp³-hybridized carbons (Fsp3) is 0.600. The van der Waals surface area contributed by atoms with Gasteiger partial charge in [-0.25, -0.2) is 14.4 Å². The predicted octanol–water partition coefficient (Wildman–Crippen LogP) is 4.17. The first-order chi connectivity index (χ1) is 22.8. The van der Waals surface area contributed by atoms with Crippen molar-refractivity contribution in [1.29, 1.82) is 0 Å². The minimum atomic E-state index is -0.739. The van der Waals surface area contributed by atoms with E-state index in [2.05, 4.69) is 20.9 Å². The van der Waals surface area contributed by atoms with Gasteiger partial charge in [-0.3, -0.25) is 4.79 Å². The Hall–Kier alpha value is -4.06. The van der Waals surface area contributed by atoms with Crippen LogP contribution in [-0.2, 0) is 11.3 Å². The van der Waals surface area contributed by atoms with E-state index in [1.807, 2.05) is 53.1 Å². The van der Waals surface area contributed by atoms with Gasteiger partial charge >= 0.3 is 18.1 Å². The van der Waals surface area contributed by atoms with Gasteiger partial charge in [-0.2, -0.15) is 0 Å². The second-order valence-electron chi connectivity index (χ2n) is 13.1. The molecule has 3 fully saturated rings. The molecule has 47 heavy (non-hydrogen) atoms. The average Bonchev–Trinajstić information content (AvgIpc) is 3.12. The lowest BCUT2D eigenvalue weighted by Gasteiger charge is -2.42. The van der Waals surface area contributed by atoms with Crippen molar-refractivity contribution < 1.29 is 19.2 Å². The maximum Gasteiger partial charge on any atom is 0.322 e. The molecule has 256 valence electrons. The summed E-state index contributed by atoms with van der Waals surface area (Å²) in [5, 5.41) is 8.67. The van der Waals surface area contributed by atoms with Crippen LogP contribution in [0.3, 0.4) is 0 Å². The molecule has 3 N–H and O–H groups in total. The third-order valence-electron chi connectivity index (χ3n) is 10.2. The number of fused-ring (bicyclic) bond motifs is 1. The highest BCUT2D eigenvalue weighted by molar-refractivity contribution is 5.92. The van der Waals surface area contributed by atoms with E-state index in [1.165, 1.54) is 24.2 Å². The van der Waals surface area contributed by atoms with Crippen LogP contribution in [0.5, 0.6) is 0 Å². The van der Waals surface area contributed by atoms with Gasteiger partial charge in [0.05, 0.1) is 0 Å². The number of allylic oxidation sites excluding steroid dienone is 2. The summed E-state index contributed by atoms with van der Waals surface area (Å²) in [6.45, 7) is 7.09. The largest absolute Gasteiger partial charge is 0.341 e. The molecule has 1 unspecified atom stereocenters. The fourth-order valence-corrected chi connectivity index (χ4v) is 7.26. The Kier molecular flexibility index (Phi) is 11.8. The van der Waals surface area contributed by atoms with E-state index in [0.29, 0.717) is 58.0 Å².